The summed E-state index contributed by atoms with van der Waals surface area (Å²) >= 11 is 0. The zero-order valence-corrected chi connectivity index (χ0v) is 21.0. The van der Waals surface area contributed by atoms with Gasteiger partial charge in [-0.1, -0.05) is 30.3 Å². The number of hydrogen-bond donors (Lipinski definition) is 2. The first-order valence-electron chi connectivity index (χ1n) is 12.2. The van der Waals surface area contributed by atoms with E-state index in [-0.39, 0.29) is 24.3 Å². The number of carbonyl (C=O) groups is 1. The van der Waals surface area contributed by atoms with Crippen molar-refractivity contribution in [2.24, 2.45) is 0 Å². The van der Waals surface area contributed by atoms with Crippen LogP contribution in [0.25, 0.3) is 6.08 Å². The number of halogens is 5. The Morgan fingerprint density at radius 2 is 1.54 bits per heavy atom. The standard InChI is InChI=1S/C29H29F5N2O3/c30-28(31,32)17-2-1-3-20-4-10-23(11-5-20)29(33,34)39-25-13-6-21(7-14-25)8-15-27(37)38-18-16-22-9-12-24(35)19-26(22)36/h4-15,19H,1-3,16-18,35-36H2/b15-8+. The highest BCUT2D eigenvalue weighted by Gasteiger charge is 2.34. The van der Waals surface area contributed by atoms with Gasteiger partial charge in [-0.2, -0.15) is 22.0 Å². The van der Waals surface area contributed by atoms with E-state index >= 15 is 0 Å². The van der Waals surface area contributed by atoms with Crippen molar-refractivity contribution < 1.29 is 36.2 Å². The number of aryl methyl sites for hydroxylation is 1. The zero-order chi connectivity index (χ0) is 28.5. The predicted octanol–water partition coefficient (Wildman–Crippen LogP) is 7.05. The Labute approximate surface area is 223 Å². The van der Waals surface area contributed by atoms with Crippen LogP contribution in [-0.4, -0.2) is 18.8 Å². The van der Waals surface area contributed by atoms with Gasteiger partial charge in [-0.05, 0) is 78.4 Å². The average molecular weight is 549 g/mol. The average Bonchev–Trinajstić information content (AvgIpc) is 2.87. The van der Waals surface area contributed by atoms with Crippen LogP contribution in [0.1, 0.15) is 41.5 Å². The van der Waals surface area contributed by atoms with Gasteiger partial charge in [-0.3, -0.25) is 0 Å². The van der Waals surface area contributed by atoms with E-state index < -0.39 is 24.7 Å². The van der Waals surface area contributed by atoms with Gasteiger partial charge in [-0.25, -0.2) is 4.79 Å². The molecule has 10 heteroatoms. The molecule has 39 heavy (non-hydrogen) atoms. The molecule has 0 aliphatic rings. The largest absolute Gasteiger partial charge is 0.462 e. The molecule has 0 amide bonds. The SMILES string of the molecule is Nc1ccc(CCOC(=O)/C=C/c2ccc(OC(F)(F)c3ccc(CCCCC(F)(F)F)cc3)cc2)c(N)c1. The third-order valence-electron chi connectivity index (χ3n) is 5.79. The first-order valence-corrected chi connectivity index (χ1v) is 12.2. The van der Waals surface area contributed by atoms with Crippen LogP contribution in [-0.2, 0) is 28.5 Å². The van der Waals surface area contributed by atoms with Gasteiger partial charge in [0.2, 0.25) is 0 Å². The number of rotatable bonds is 12. The lowest BCUT2D eigenvalue weighted by Crippen LogP contribution is -2.21. The second-order valence-corrected chi connectivity index (χ2v) is 8.92. The monoisotopic (exact) mass is 548 g/mol. The van der Waals surface area contributed by atoms with Crippen molar-refractivity contribution in [1.29, 1.82) is 0 Å². The molecule has 0 bridgehead atoms. The first-order chi connectivity index (χ1) is 18.4. The predicted molar refractivity (Wildman–Crippen MR) is 140 cm³/mol. The minimum absolute atomic E-state index is 0.0169. The number of anilines is 2. The molecule has 0 atom stereocenters. The van der Waals surface area contributed by atoms with Crippen molar-refractivity contribution in [3.8, 4) is 5.75 Å². The molecule has 0 aliphatic heterocycles. The van der Waals surface area contributed by atoms with Crippen LogP contribution in [0.3, 0.4) is 0 Å². The maximum Gasteiger partial charge on any atom is 0.426 e. The van der Waals surface area contributed by atoms with E-state index in [0.717, 1.165) is 5.56 Å². The topological polar surface area (TPSA) is 87.6 Å². The molecule has 0 unspecified atom stereocenters. The third-order valence-corrected chi connectivity index (χ3v) is 5.79. The summed E-state index contributed by atoms with van der Waals surface area (Å²) in [6, 6.07) is 16.1. The maximum atomic E-state index is 14.6. The molecule has 4 N–H and O–H groups in total. The molecular weight excluding hydrogens is 519 g/mol. The number of nitrogens with two attached hydrogens (primary N) is 2. The molecule has 0 radical (unpaired) electrons. The number of carbonyl (C=O) groups excluding carboxylic acids is 1. The summed E-state index contributed by atoms with van der Waals surface area (Å²) < 4.78 is 75.9. The molecule has 0 spiro atoms. The number of benzene rings is 3. The van der Waals surface area contributed by atoms with E-state index in [1.54, 1.807) is 18.2 Å². The number of nitrogen functional groups attached to an aromatic ring is 2. The van der Waals surface area contributed by atoms with E-state index in [1.807, 2.05) is 0 Å². The van der Waals surface area contributed by atoms with Crippen LogP contribution in [0, 0.1) is 0 Å². The highest BCUT2D eigenvalue weighted by molar-refractivity contribution is 5.87. The molecule has 0 saturated carbocycles. The van der Waals surface area contributed by atoms with Crippen LogP contribution < -0.4 is 16.2 Å². The fourth-order valence-corrected chi connectivity index (χ4v) is 3.69. The first kappa shape index (κ1) is 29.5. The van der Waals surface area contributed by atoms with Crippen molar-refractivity contribution in [2.75, 3.05) is 18.1 Å². The lowest BCUT2D eigenvalue weighted by atomic mass is 10.0. The van der Waals surface area contributed by atoms with Gasteiger partial charge < -0.3 is 20.9 Å². The van der Waals surface area contributed by atoms with Crippen molar-refractivity contribution in [1.82, 2.24) is 0 Å². The van der Waals surface area contributed by atoms with Gasteiger partial charge in [0.15, 0.2) is 0 Å². The van der Waals surface area contributed by atoms with Crippen molar-refractivity contribution in [3.63, 3.8) is 0 Å². The summed E-state index contributed by atoms with van der Waals surface area (Å²) in [7, 11) is 0. The summed E-state index contributed by atoms with van der Waals surface area (Å²) in [5.74, 6) is -0.656. The van der Waals surface area contributed by atoms with E-state index in [9.17, 15) is 26.7 Å². The van der Waals surface area contributed by atoms with Gasteiger partial charge in [0.05, 0.1) is 12.2 Å². The minimum atomic E-state index is -4.20. The van der Waals surface area contributed by atoms with Crippen molar-refractivity contribution in [2.45, 2.75) is 44.4 Å². The lowest BCUT2D eigenvalue weighted by molar-refractivity contribution is -0.185. The summed E-state index contributed by atoms with van der Waals surface area (Å²) in [5.41, 5.74) is 14.3. The number of unbranched alkanes of at least 4 members (excludes halogenated alkanes) is 1. The number of esters is 1. The molecule has 0 aromatic heterocycles. The highest BCUT2D eigenvalue weighted by atomic mass is 19.4. The van der Waals surface area contributed by atoms with Gasteiger partial charge in [-0.15, -0.1) is 0 Å². The van der Waals surface area contributed by atoms with Gasteiger partial charge in [0.25, 0.3) is 0 Å². The van der Waals surface area contributed by atoms with Crippen LogP contribution in [0.2, 0.25) is 0 Å². The van der Waals surface area contributed by atoms with E-state index in [4.69, 9.17) is 20.9 Å². The molecule has 3 rings (SSSR count). The van der Waals surface area contributed by atoms with E-state index in [2.05, 4.69) is 0 Å². The summed E-state index contributed by atoms with van der Waals surface area (Å²) in [4.78, 5) is 12.0. The summed E-state index contributed by atoms with van der Waals surface area (Å²) in [6.45, 7) is 0.123. The number of alkyl halides is 5. The van der Waals surface area contributed by atoms with Crippen LogP contribution in [0.15, 0.2) is 72.8 Å². The Morgan fingerprint density at radius 1 is 0.846 bits per heavy atom. The fraction of sp³-hybridized carbons (Fsp3) is 0.276. The van der Waals surface area contributed by atoms with Gasteiger partial charge in [0.1, 0.15) is 5.75 Å². The molecule has 0 saturated heterocycles. The number of ether oxygens (including phenoxy) is 2. The number of hydrogen-bond acceptors (Lipinski definition) is 5. The van der Waals surface area contributed by atoms with Crippen molar-refractivity contribution >= 4 is 23.4 Å². The second kappa shape index (κ2) is 13.1. The quantitative estimate of drug-likeness (QED) is 0.0833. The second-order valence-electron chi connectivity index (χ2n) is 8.92. The molecule has 0 heterocycles. The minimum Gasteiger partial charge on any atom is -0.462 e. The van der Waals surface area contributed by atoms with Crippen LogP contribution in [0.5, 0.6) is 5.75 Å². The van der Waals surface area contributed by atoms with E-state index in [1.165, 1.54) is 60.7 Å². The fourth-order valence-electron chi connectivity index (χ4n) is 3.69. The highest BCUT2D eigenvalue weighted by Crippen LogP contribution is 2.32. The van der Waals surface area contributed by atoms with Gasteiger partial charge >= 0.3 is 18.3 Å². The molecule has 3 aromatic carbocycles. The molecule has 208 valence electrons. The Morgan fingerprint density at radius 3 is 2.18 bits per heavy atom. The van der Waals surface area contributed by atoms with Gasteiger partial charge in [0, 0.05) is 30.3 Å². The molecule has 3 aromatic rings. The maximum absolute atomic E-state index is 14.6. The summed E-state index contributed by atoms with van der Waals surface area (Å²) in [6.07, 6.45) is -4.89. The normalized spacial score (nSPS) is 12.0. The molecule has 0 aliphatic carbocycles. The van der Waals surface area contributed by atoms with Crippen LogP contribution >= 0.6 is 0 Å². The Balaban J connectivity index is 1.46. The zero-order valence-electron chi connectivity index (χ0n) is 21.0. The molecule has 5 nitrogen and oxygen atoms in total. The van der Waals surface area contributed by atoms with Crippen molar-refractivity contribution in [3.05, 3.63) is 95.1 Å². The third kappa shape index (κ3) is 9.96. The van der Waals surface area contributed by atoms with E-state index in [0.29, 0.717) is 41.8 Å². The Kier molecular flexibility index (Phi) is 9.92. The Bertz CT molecular complexity index is 1260. The Hall–Kier alpha value is -4.08. The molecular formula is C29H29F5N2O3. The molecule has 0 fully saturated rings. The summed E-state index contributed by atoms with van der Waals surface area (Å²) in [5, 5.41) is 0. The lowest BCUT2D eigenvalue weighted by Gasteiger charge is -2.18. The smallest absolute Gasteiger partial charge is 0.426 e. The van der Waals surface area contributed by atoms with Crippen LogP contribution in [0.4, 0.5) is 33.3 Å².